The molecule has 0 aliphatic rings. The number of ether oxygens (including phenoxy) is 1. The molecule has 0 atom stereocenters. The molecule has 188 valence electrons. The van der Waals surface area contributed by atoms with Crippen LogP contribution in [0.25, 0.3) is 0 Å². The van der Waals surface area contributed by atoms with Crippen molar-refractivity contribution < 1.29 is 14.6 Å². The van der Waals surface area contributed by atoms with Gasteiger partial charge >= 0.3 is 0 Å². The number of phenolic OH excluding ortho intramolecular Hbond substituents is 1. The van der Waals surface area contributed by atoms with Gasteiger partial charge in [0.2, 0.25) is 5.91 Å². The van der Waals surface area contributed by atoms with Gasteiger partial charge in [0.25, 0.3) is 0 Å². The summed E-state index contributed by atoms with van der Waals surface area (Å²) in [5, 5.41) is 13.3. The molecule has 5 heteroatoms. The summed E-state index contributed by atoms with van der Waals surface area (Å²) in [6.45, 7) is 4.50. The monoisotopic (exact) mass is 460 g/mol. The molecular weight excluding hydrogens is 412 g/mol. The second kappa shape index (κ2) is 20.6. The molecule has 0 heterocycles. The first-order valence-electron chi connectivity index (χ1n) is 13.2. The fourth-order valence-corrected chi connectivity index (χ4v) is 3.85. The molecule has 5 nitrogen and oxygen atoms in total. The van der Waals surface area contributed by atoms with E-state index in [1.165, 1.54) is 96.0 Å². The third kappa shape index (κ3) is 17.2. The van der Waals surface area contributed by atoms with Gasteiger partial charge < -0.3 is 20.9 Å². The number of rotatable bonds is 22. The SMILES string of the molecule is CCCCCCCC/C=C\CCCCCCCCNCCOc1ccc(CC(N)=O)cc1O. The van der Waals surface area contributed by atoms with Gasteiger partial charge in [-0.15, -0.1) is 0 Å². The summed E-state index contributed by atoms with van der Waals surface area (Å²) < 4.78 is 5.60. The van der Waals surface area contributed by atoms with Crippen LogP contribution in [0.15, 0.2) is 30.4 Å². The molecule has 0 unspecified atom stereocenters. The van der Waals surface area contributed by atoms with Crippen LogP contribution in [0.2, 0.25) is 0 Å². The molecule has 1 aromatic rings. The summed E-state index contributed by atoms with van der Waals surface area (Å²) in [7, 11) is 0. The van der Waals surface area contributed by atoms with E-state index in [1.54, 1.807) is 12.1 Å². The topological polar surface area (TPSA) is 84.6 Å². The lowest BCUT2D eigenvalue weighted by Gasteiger charge is -2.10. The molecule has 0 saturated heterocycles. The van der Waals surface area contributed by atoms with Crippen molar-refractivity contribution in [3.05, 3.63) is 35.9 Å². The Morgan fingerprint density at radius 1 is 0.909 bits per heavy atom. The Labute approximate surface area is 202 Å². The molecular formula is C28H48N2O3. The van der Waals surface area contributed by atoms with Crippen molar-refractivity contribution in [2.45, 2.75) is 103 Å². The maximum atomic E-state index is 10.9. The van der Waals surface area contributed by atoms with Crippen LogP contribution in [0.3, 0.4) is 0 Å². The Morgan fingerprint density at radius 3 is 2.12 bits per heavy atom. The molecule has 0 saturated carbocycles. The van der Waals surface area contributed by atoms with Crippen molar-refractivity contribution in [2.24, 2.45) is 5.73 Å². The Hall–Kier alpha value is -2.01. The number of amides is 1. The van der Waals surface area contributed by atoms with Gasteiger partial charge in [-0.2, -0.15) is 0 Å². The largest absolute Gasteiger partial charge is 0.504 e. The molecule has 0 aliphatic heterocycles. The summed E-state index contributed by atoms with van der Waals surface area (Å²) in [6.07, 6.45) is 23.4. The van der Waals surface area contributed by atoms with Gasteiger partial charge in [-0.05, 0) is 56.3 Å². The van der Waals surface area contributed by atoms with E-state index in [0.717, 1.165) is 13.1 Å². The number of carbonyl (C=O) groups is 1. The minimum atomic E-state index is -0.418. The third-order valence-corrected chi connectivity index (χ3v) is 5.80. The van der Waals surface area contributed by atoms with E-state index in [9.17, 15) is 9.90 Å². The van der Waals surface area contributed by atoms with Crippen LogP contribution < -0.4 is 15.8 Å². The van der Waals surface area contributed by atoms with E-state index in [-0.39, 0.29) is 12.2 Å². The molecule has 1 rings (SSSR count). The molecule has 0 aromatic heterocycles. The number of benzene rings is 1. The van der Waals surface area contributed by atoms with E-state index in [1.807, 2.05) is 0 Å². The zero-order valence-electron chi connectivity index (χ0n) is 21.0. The number of unbranched alkanes of at least 4 members (excludes halogenated alkanes) is 12. The number of hydrogen-bond acceptors (Lipinski definition) is 4. The molecule has 0 aliphatic carbocycles. The van der Waals surface area contributed by atoms with Gasteiger partial charge in [-0.25, -0.2) is 0 Å². The van der Waals surface area contributed by atoms with Crippen molar-refractivity contribution in [3.63, 3.8) is 0 Å². The fourth-order valence-electron chi connectivity index (χ4n) is 3.85. The average Bonchev–Trinajstić information content (AvgIpc) is 2.78. The fraction of sp³-hybridized carbons (Fsp3) is 0.679. The van der Waals surface area contributed by atoms with Crippen molar-refractivity contribution >= 4 is 5.91 Å². The smallest absolute Gasteiger partial charge is 0.221 e. The van der Waals surface area contributed by atoms with Crippen LogP contribution in [0.4, 0.5) is 0 Å². The molecule has 0 spiro atoms. The van der Waals surface area contributed by atoms with E-state index < -0.39 is 5.91 Å². The number of primary amides is 1. The standard InChI is InChI=1S/C28H48N2O3/c1-2-3-4-5-6-7-8-9-10-11-12-13-14-15-16-17-20-30-21-22-33-27-19-18-25(23-26(27)31)24-28(29)32/h9-10,18-19,23,30-31H,2-8,11-17,20-22,24H2,1H3,(H2,29,32)/b10-9-. The van der Waals surface area contributed by atoms with Crippen molar-refractivity contribution in [2.75, 3.05) is 19.7 Å². The highest BCUT2D eigenvalue weighted by atomic mass is 16.5. The quantitative estimate of drug-likeness (QED) is 0.138. The lowest BCUT2D eigenvalue weighted by Crippen LogP contribution is -2.22. The van der Waals surface area contributed by atoms with Crippen molar-refractivity contribution in [3.8, 4) is 11.5 Å². The Bertz CT molecular complexity index is 646. The van der Waals surface area contributed by atoms with E-state index >= 15 is 0 Å². The van der Waals surface area contributed by atoms with Crippen molar-refractivity contribution in [1.29, 1.82) is 0 Å². The Kier molecular flexibility index (Phi) is 18.1. The van der Waals surface area contributed by atoms with E-state index in [4.69, 9.17) is 10.5 Å². The van der Waals surface area contributed by atoms with Gasteiger partial charge in [0.15, 0.2) is 11.5 Å². The van der Waals surface area contributed by atoms with Gasteiger partial charge in [0, 0.05) is 6.54 Å². The number of hydrogen-bond donors (Lipinski definition) is 3. The highest BCUT2D eigenvalue weighted by molar-refractivity contribution is 5.76. The molecule has 4 N–H and O–H groups in total. The maximum Gasteiger partial charge on any atom is 0.221 e. The highest BCUT2D eigenvalue weighted by Gasteiger charge is 2.05. The van der Waals surface area contributed by atoms with Crippen molar-refractivity contribution in [1.82, 2.24) is 5.32 Å². The van der Waals surface area contributed by atoms with Crippen LogP contribution in [-0.2, 0) is 11.2 Å². The van der Waals surface area contributed by atoms with Gasteiger partial charge in [0.05, 0.1) is 6.42 Å². The van der Waals surface area contributed by atoms with Gasteiger partial charge in [0.1, 0.15) is 6.61 Å². The van der Waals surface area contributed by atoms with Crippen LogP contribution >= 0.6 is 0 Å². The summed E-state index contributed by atoms with van der Waals surface area (Å²) >= 11 is 0. The zero-order valence-corrected chi connectivity index (χ0v) is 21.0. The number of carbonyl (C=O) groups excluding carboxylic acids is 1. The van der Waals surface area contributed by atoms with E-state index in [2.05, 4.69) is 24.4 Å². The minimum absolute atomic E-state index is 0.0436. The van der Waals surface area contributed by atoms with E-state index in [0.29, 0.717) is 17.9 Å². The second-order valence-corrected chi connectivity index (χ2v) is 8.98. The van der Waals surface area contributed by atoms with Gasteiger partial charge in [-0.1, -0.05) is 82.9 Å². The number of nitrogens with two attached hydrogens (primary N) is 1. The molecule has 1 aromatic carbocycles. The Balaban J connectivity index is 1.85. The highest BCUT2D eigenvalue weighted by Crippen LogP contribution is 2.26. The number of nitrogens with one attached hydrogen (secondary N) is 1. The Morgan fingerprint density at radius 2 is 1.52 bits per heavy atom. The second-order valence-electron chi connectivity index (χ2n) is 8.98. The molecule has 33 heavy (non-hydrogen) atoms. The molecule has 1 amide bonds. The lowest BCUT2D eigenvalue weighted by molar-refractivity contribution is -0.117. The third-order valence-electron chi connectivity index (χ3n) is 5.80. The maximum absolute atomic E-state index is 10.9. The zero-order chi connectivity index (χ0) is 24.0. The summed E-state index contributed by atoms with van der Waals surface area (Å²) in [4.78, 5) is 10.9. The average molecular weight is 461 g/mol. The minimum Gasteiger partial charge on any atom is -0.504 e. The van der Waals surface area contributed by atoms with Crippen LogP contribution in [-0.4, -0.2) is 30.7 Å². The summed E-state index contributed by atoms with van der Waals surface area (Å²) in [5.41, 5.74) is 5.85. The van der Waals surface area contributed by atoms with Gasteiger partial charge in [-0.3, -0.25) is 4.79 Å². The lowest BCUT2D eigenvalue weighted by atomic mass is 10.1. The van der Waals surface area contributed by atoms with Crippen LogP contribution in [0.1, 0.15) is 102 Å². The molecule has 0 radical (unpaired) electrons. The summed E-state index contributed by atoms with van der Waals surface area (Å²) in [5.74, 6) is 0.0582. The normalized spacial score (nSPS) is 11.3. The first kappa shape index (κ1) is 29.0. The molecule has 0 bridgehead atoms. The number of aromatic hydroxyl groups is 1. The number of phenols is 1. The molecule has 0 fully saturated rings. The first-order valence-corrected chi connectivity index (χ1v) is 13.2. The van der Waals surface area contributed by atoms with Crippen LogP contribution in [0, 0.1) is 0 Å². The predicted octanol–water partition coefficient (Wildman–Crippen LogP) is 6.43. The number of allylic oxidation sites excluding steroid dienone is 2. The first-order chi connectivity index (χ1) is 16.1. The predicted molar refractivity (Wildman–Crippen MR) is 139 cm³/mol. The van der Waals surface area contributed by atoms with Crippen LogP contribution in [0.5, 0.6) is 11.5 Å². The summed E-state index contributed by atoms with van der Waals surface area (Å²) in [6, 6.07) is 4.96.